The number of fused-ring (bicyclic) bond motifs is 1. The first-order chi connectivity index (χ1) is 14.8. The Kier molecular flexibility index (Phi) is 6.93. The zero-order valence-electron chi connectivity index (χ0n) is 17.0. The molecule has 3 rings (SSSR count). The number of carbonyl (C=O) groups excluding carboxylic acids is 4. The van der Waals surface area contributed by atoms with Gasteiger partial charge < -0.3 is 15.4 Å². The Morgan fingerprint density at radius 3 is 2.61 bits per heavy atom. The molecule has 2 aromatic carbocycles. The molecule has 160 valence electrons. The number of carbonyl (C=O) groups is 4. The van der Waals surface area contributed by atoms with E-state index in [9.17, 15) is 19.2 Å². The average Bonchev–Trinajstić information content (AvgIpc) is 2.74. The van der Waals surface area contributed by atoms with Gasteiger partial charge in [-0.2, -0.15) is 0 Å². The van der Waals surface area contributed by atoms with Crippen molar-refractivity contribution in [2.75, 3.05) is 11.9 Å². The van der Waals surface area contributed by atoms with Crippen LogP contribution in [-0.2, 0) is 19.1 Å². The fourth-order valence-electron chi connectivity index (χ4n) is 3.42. The van der Waals surface area contributed by atoms with Crippen molar-refractivity contribution in [3.05, 3.63) is 64.7 Å². The molecule has 0 saturated heterocycles. The normalized spacial score (nSPS) is 18.1. The second-order valence-corrected chi connectivity index (χ2v) is 7.83. The van der Waals surface area contributed by atoms with Crippen molar-refractivity contribution in [3.63, 3.8) is 0 Å². The minimum Gasteiger partial charge on any atom is -0.456 e. The number of Topliss-reactive ketones (excluding diaryl/α,β-unsaturated/α-hetero) is 1. The first-order valence-corrected chi connectivity index (χ1v) is 10.1. The van der Waals surface area contributed by atoms with Crippen LogP contribution in [-0.4, -0.2) is 36.2 Å². The molecule has 2 unspecified atom stereocenters. The van der Waals surface area contributed by atoms with Gasteiger partial charge in [0, 0.05) is 22.4 Å². The van der Waals surface area contributed by atoms with E-state index >= 15 is 0 Å². The molecule has 3 atom stereocenters. The second kappa shape index (κ2) is 9.63. The molecule has 2 amide bonds. The molecule has 8 heteroatoms. The standard InChI is InChI=1S/C23H21ClN2O5/c1-13(27)12-31-23(30)20(26-22(29)15-7-9-16(24)10-8-15)11-18-14(2)21(28)25-19-6-4-3-5-17(18)19/h3,5,7-10,14,18,20H,11-12H2,1-2H3,(H,25,28)(H,26,29)/t14-,18?,20?/m0/s1. The Morgan fingerprint density at radius 2 is 1.94 bits per heavy atom. The lowest BCUT2D eigenvalue weighted by atomic mass is 9.79. The molecule has 1 aliphatic rings. The van der Waals surface area contributed by atoms with Crippen molar-refractivity contribution >= 4 is 40.9 Å². The van der Waals surface area contributed by atoms with Crippen LogP contribution in [0.1, 0.15) is 42.1 Å². The second-order valence-electron chi connectivity index (χ2n) is 7.40. The number of nitrogens with one attached hydrogen (secondary N) is 2. The largest absolute Gasteiger partial charge is 0.456 e. The smallest absolute Gasteiger partial charge is 0.329 e. The summed E-state index contributed by atoms with van der Waals surface area (Å²) in [5, 5.41) is 5.91. The Bertz CT molecular complexity index is 1010. The van der Waals surface area contributed by atoms with Gasteiger partial charge in [-0.05, 0) is 61.4 Å². The molecule has 2 N–H and O–H groups in total. The van der Waals surface area contributed by atoms with Crippen molar-refractivity contribution in [1.29, 1.82) is 0 Å². The van der Waals surface area contributed by atoms with E-state index in [2.05, 4.69) is 22.8 Å². The quantitative estimate of drug-likeness (QED) is 0.644. The molecule has 0 aromatic heterocycles. The van der Waals surface area contributed by atoms with E-state index in [0.717, 1.165) is 5.56 Å². The highest BCUT2D eigenvalue weighted by molar-refractivity contribution is 6.30. The minimum atomic E-state index is -1.07. The van der Waals surface area contributed by atoms with Crippen LogP contribution >= 0.6 is 11.6 Å². The van der Waals surface area contributed by atoms with Crippen molar-refractivity contribution in [3.8, 4) is 0 Å². The number of rotatable bonds is 7. The maximum Gasteiger partial charge on any atom is 0.329 e. The molecule has 1 heterocycles. The maximum absolute atomic E-state index is 12.7. The Balaban J connectivity index is 1.86. The van der Waals surface area contributed by atoms with Crippen LogP contribution in [0.25, 0.3) is 0 Å². The Labute approximate surface area is 185 Å². The monoisotopic (exact) mass is 440 g/mol. The van der Waals surface area contributed by atoms with Gasteiger partial charge in [0.05, 0.1) is 5.69 Å². The summed E-state index contributed by atoms with van der Waals surface area (Å²) in [6.45, 7) is 2.65. The van der Waals surface area contributed by atoms with Crippen molar-refractivity contribution in [2.24, 2.45) is 5.92 Å². The van der Waals surface area contributed by atoms with Gasteiger partial charge in [0.15, 0.2) is 5.78 Å². The van der Waals surface area contributed by atoms with Gasteiger partial charge in [-0.1, -0.05) is 24.6 Å². The first-order valence-electron chi connectivity index (χ1n) is 9.72. The van der Waals surface area contributed by atoms with Gasteiger partial charge in [0.1, 0.15) is 12.6 Å². The van der Waals surface area contributed by atoms with Gasteiger partial charge in [-0.15, -0.1) is 0 Å². The third-order valence-electron chi connectivity index (χ3n) is 5.10. The molecule has 0 aliphatic carbocycles. The van der Waals surface area contributed by atoms with Crippen LogP contribution in [0.15, 0.2) is 36.4 Å². The molecule has 0 bridgehead atoms. The van der Waals surface area contributed by atoms with Crippen molar-refractivity contribution in [2.45, 2.75) is 32.2 Å². The Hall–Kier alpha value is -3.37. The lowest BCUT2D eigenvalue weighted by Crippen LogP contribution is -2.45. The fourth-order valence-corrected chi connectivity index (χ4v) is 3.54. The lowest BCUT2D eigenvalue weighted by Gasteiger charge is -2.32. The first kappa shape index (κ1) is 22.3. The number of hydrogen-bond donors (Lipinski definition) is 2. The molecule has 1 aliphatic heterocycles. The predicted octanol–water partition coefficient (Wildman–Crippen LogP) is 2.93. The van der Waals surface area contributed by atoms with Gasteiger partial charge >= 0.3 is 5.97 Å². The molecule has 0 saturated carbocycles. The number of anilines is 1. The van der Waals surface area contributed by atoms with Crippen LogP contribution in [0.5, 0.6) is 0 Å². The van der Waals surface area contributed by atoms with E-state index in [0.29, 0.717) is 16.3 Å². The summed E-state index contributed by atoms with van der Waals surface area (Å²) < 4.78 is 5.07. The maximum atomic E-state index is 12.7. The van der Waals surface area contributed by atoms with Gasteiger partial charge in [0.25, 0.3) is 5.91 Å². The van der Waals surface area contributed by atoms with E-state index in [1.54, 1.807) is 31.2 Å². The lowest BCUT2D eigenvalue weighted by molar-refractivity contribution is -0.149. The Morgan fingerprint density at radius 1 is 1.23 bits per heavy atom. The number of halogens is 1. The molecule has 2 aromatic rings. The van der Waals surface area contributed by atoms with E-state index in [-0.39, 0.29) is 24.0 Å². The summed E-state index contributed by atoms with van der Waals surface area (Å²) >= 11 is 5.87. The zero-order chi connectivity index (χ0) is 22.5. The van der Waals surface area contributed by atoms with E-state index < -0.39 is 30.4 Å². The SMILES string of the molecule is CC(=O)COC(=O)C(CC1c2ccc#cc2NC(=O)[C@H]1C)NC(=O)c1ccc(Cl)cc1. The fraction of sp³-hybridized carbons (Fsp3) is 0.304. The summed E-state index contributed by atoms with van der Waals surface area (Å²) in [5.74, 6) is -2.62. The number of ether oxygens (including phenoxy) is 1. The molecular formula is C23H21ClN2O5. The predicted molar refractivity (Wildman–Crippen MR) is 114 cm³/mol. The molecule has 31 heavy (non-hydrogen) atoms. The van der Waals surface area contributed by atoms with E-state index in [4.69, 9.17) is 16.3 Å². The minimum absolute atomic E-state index is 0.107. The van der Waals surface area contributed by atoms with Gasteiger partial charge in [0.2, 0.25) is 5.91 Å². The van der Waals surface area contributed by atoms with Crippen LogP contribution in [0.4, 0.5) is 5.69 Å². The average molecular weight is 441 g/mol. The summed E-state index contributed by atoms with van der Waals surface area (Å²) in [6.07, 6.45) is 0.107. The van der Waals surface area contributed by atoms with Crippen molar-refractivity contribution < 1.29 is 23.9 Å². The molecule has 0 radical (unpaired) electrons. The third kappa shape index (κ3) is 5.41. The summed E-state index contributed by atoms with van der Waals surface area (Å²) in [4.78, 5) is 49.1. The summed E-state index contributed by atoms with van der Waals surface area (Å²) in [7, 11) is 0. The van der Waals surface area contributed by atoms with Crippen LogP contribution < -0.4 is 10.6 Å². The van der Waals surface area contributed by atoms with E-state index in [1.165, 1.54) is 19.1 Å². The van der Waals surface area contributed by atoms with E-state index in [1.807, 2.05) is 0 Å². The highest BCUT2D eigenvalue weighted by Gasteiger charge is 2.37. The van der Waals surface area contributed by atoms with Gasteiger partial charge in [-0.25, -0.2) is 4.79 Å². The van der Waals surface area contributed by atoms with Crippen molar-refractivity contribution in [1.82, 2.24) is 5.32 Å². The number of benzene rings is 1. The van der Waals surface area contributed by atoms with Crippen LogP contribution in [0.3, 0.4) is 0 Å². The molecule has 7 nitrogen and oxygen atoms in total. The highest BCUT2D eigenvalue weighted by atomic mass is 35.5. The van der Waals surface area contributed by atoms with Crippen LogP contribution in [0.2, 0.25) is 5.02 Å². The molecule has 0 fully saturated rings. The summed E-state index contributed by atoms with van der Waals surface area (Å²) in [6, 6.07) is 14.3. The number of amides is 2. The molecule has 0 spiro atoms. The third-order valence-corrected chi connectivity index (χ3v) is 5.35. The highest BCUT2D eigenvalue weighted by Crippen LogP contribution is 2.38. The van der Waals surface area contributed by atoms with Crippen LogP contribution in [0, 0.1) is 18.1 Å². The number of hydrogen-bond acceptors (Lipinski definition) is 5. The van der Waals surface area contributed by atoms with Gasteiger partial charge in [-0.3, -0.25) is 14.4 Å². The topological polar surface area (TPSA) is 102 Å². The zero-order valence-corrected chi connectivity index (χ0v) is 17.8. The molecular weight excluding hydrogens is 420 g/mol. The number of ketones is 1. The number of esters is 1. The summed E-state index contributed by atoms with van der Waals surface area (Å²) in [5.41, 5.74) is 1.60.